The summed E-state index contributed by atoms with van der Waals surface area (Å²) >= 11 is 0. The van der Waals surface area contributed by atoms with E-state index in [4.69, 9.17) is 0 Å². The van der Waals surface area contributed by atoms with Gasteiger partial charge in [-0.25, -0.2) is 12.7 Å². The van der Waals surface area contributed by atoms with Crippen molar-refractivity contribution in [3.8, 4) is 0 Å². The molecule has 0 saturated heterocycles. The van der Waals surface area contributed by atoms with Crippen LogP contribution in [0.1, 0.15) is 26.2 Å². The van der Waals surface area contributed by atoms with E-state index in [2.05, 4.69) is 6.58 Å². The highest BCUT2D eigenvalue weighted by molar-refractivity contribution is 7.69. The summed E-state index contributed by atoms with van der Waals surface area (Å²) in [4.78, 5) is 0. The van der Waals surface area contributed by atoms with Crippen LogP contribution < -0.4 is 0 Å². The molecule has 1 fully saturated rings. The Morgan fingerprint density at radius 1 is 1.62 bits per heavy atom. The van der Waals surface area contributed by atoms with Gasteiger partial charge in [0.15, 0.2) is 0 Å². The second-order valence-electron chi connectivity index (χ2n) is 3.68. The lowest BCUT2D eigenvalue weighted by Crippen LogP contribution is -2.33. The first-order chi connectivity index (χ1) is 6.15. The fraction of sp³-hybridized carbons (Fsp3) is 0.778. The maximum atomic E-state index is 10.9. The summed E-state index contributed by atoms with van der Waals surface area (Å²) in [7, 11) is -2.42. The molecule has 1 aliphatic carbocycles. The molecule has 0 amide bonds. The molecule has 1 atom stereocenters. The van der Waals surface area contributed by atoms with Crippen LogP contribution in [-0.4, -0.2) is 25.3 Å². The van der Waals surface area contributed by atoms with Gasteiger partial charge in [-0.2, -0.15) is 0 Å². The summed E-state index contributed by atoms with van der Waals surface area (Å²) in [5.74, 6) is 0.611. The summed E-state index contributed by atoms with van der Waals surface area (Å²) in [5, 5.41) is 0. The first-order valence-corrected chi connectivity index (χ1v) is 5.80. The molecule has 0 unspecified atom stereocenters. The largest absolute Gasteiger partial charge is 0.215 e. The van der Waals surface area contributed by atoms with E-state index < -0.39 is 10.9 Å². The van der Waals surface area contributed by atoms with Gasteiger partial charge in [0.05, 0.1) is 0 Å². The topological polar surface area (TPSA) is 37.4 Å². The summed E-state index contributed by atoms with van der Waals surface area (Å²) < 4.78 is 23.4. The van der Waals surface area contributed by atoms with Crippen LogP contribution in [0.2, 0.25) is 0 Å². The van der Waals surface area contributed by atoms with Crippen LogP contribution in [-0.2, 0) is 10.9 Å². The zero-order valence-electron chi connectivity index (χ0n) is 7.98. The van der Waals surface area contributed by atoms with E-state index >= 15 is 0 Å². The minimum atomic E-state index is -2.42. The second-order valence-corrected chi connectivity index (χ2v) is 4.67. The van der Waals surface area contributed by atoms with Gasteiger partial charge in [-0.15, -0.1) is 6.58 Å². The molecule has 0 radical (unpaired) electrons. The van der Waals surface area contributed by atoms with Gasteiger partial charge < -0.3 is 0 Å². The van der Waals surface area contributed by atoms with Crippen molar-refractivity contribution in [3.63, 3.8) is 0 Å². The minimum Gasteiger partial charge on any atom is -0.215 e. The van der Waals surface area contributed by atoms with Crippen molar-refractivity contribution >= 4 is 10.9 Å². The summed E-state index contributed by atoms with van der Waals surface area (Å²) in [5.41, 5.74) is 0. The molecule has 1 aliphatic rings. The molecule has 0 heterocycles. The average molecular weight is 203 g/mol. The van der Waals surface area contributed by atoms with Gasteiger partial charge in [-0.3, -0.25) is 0 Å². The zero-order chi connectivity index (χ0) is 9.84. The SMILES string of the molecule is C=CC[C@H](C)N(CC1CC1)[SH](=O)=O. The Labute approximate surface area is 81.5 Å². The van der Waals surface area contributed by atoms with Gasteiger partial charge in [-0.1, -0.05) is 6.08 Å². The summed E-state index contributed by atoms with van der Waals surface area (Å²) in [6.07, 6.45) is 4.86. The Kier molecular flexibility index (Phi) is 3.93. The van der Waals surface area contributed by atoms with Crippen LogP contribution in [0.25, 0.3) is 0 Å². The Bertz CT molecular complexity index is 238. The first kappa shape index (κ1) is 10.7. The molecule has 3 nitrogen and oxygen atoms in total. The molecule has 0 aromatic carbocycles. The molecule has 1 saturated carbocycles. The van der Waals surface area contributed by atoms with E-state index in [1.54, 1.807) is 10.4 Å². The van der Waals surface area contributed by atoms with E-state index in [9.17, 15) is 8.42 Å². The van der Waals surface area contributed by atoms with Crippen LogP contribution >= 0.6 is 0 Å². The number of thiol groups is 1. The Morgan fingerprint density at radius 3 is 2.62 bits per heavy atom. The molecule has 0 bridgehead atoms. The van der Waals surface area contributed by atoms with Crippen molar-refractivity contribution < 1.29 is 8.42 Å². The highest BCUT2D eigenvalue weighted by atomic mass is 32.2. The third kappa shape index (κ3) is 3.48. The molecular weight excluding hydrogens is 186 g/mol. The van der Waals surface area contributed by atoms with Gasteiger partial charge in [-0.05, 0) is 32.1 Å². The molecule has 13 heavy (non-hydrogen) atoms. The van der Waals surface area contributed by atoms with Crippen LogP contribution in [0.3, 0.4) is 0 Å². The van der Waals surface area contributed by atoms with Crippen molar-refractivity contribution in [2.24, 2.45) is 5.92 Å². The molecule has 4 heteroatoms. The smallest absolute Gasteiger partial charge is 0.204 e. The van der Waals surface area contributed by atoms with Crippen LogP contribution in [0.5, 0.6) is 0 Å². The van der Waals surface area contributed by atoms with Gasteiger partial charge in [0.1, 0.15) is 0 Å². The standard InChI is InChI=1S/C9H17NO2S/c1-3-4-8(2)10(13(11)12)7-9-5-6-9/h3,8-9,13H,1,4-7H2,2H3/t8-/m0/s1. The molecule has 0 N–H and O–H groups in total. The summed E-state index contributed by atoms with van der Waals surface area (Å²) in [6.45, 7) is 6.24. The fourth-order valence-corrected chi connectivity index (χ4v) is 2.12. The molecule has 0 aromatic heterocycles. The van der Waals surface area contributed by atoms with Gasteiger partial charge >= 0.3 is 0 Å². The monoisotopic (exact) mass is 203 g/mol. The predicted octanol–water partition coefficient (Wildman–Crippen LogP) is 1.19. The van der Waals surface area contributed by atoms with E-state index in [0.717, 1.165) is 6.42 Å². The minimum absolute atomic E-state index is 0.0687. The van der Waals surface area contributed by atoms with Crippen LogP contribution in [0.4, 0.5) is 0 Å². The Hall–Kier alpha value is -0.350. The molecule has 0 aromatic rings. The summed E-state index contributed by atoms with van der Waals surface area (Å²) in [6, 6.07) is 0.0687. The predicted molar refractivity (Wildman–Crippen MR) is 54.0 cm³/mol. The normalized spacial score (nSPS) is 19.3. The fourth-order valence-electron chi connectivity index (χ4n) is 1.34. The van der Waals surface area contributed by atoms with Crippen molar-refractivity contribution in [2.45, 2.75) is 32.2 Å². The quantitative estimate of drug-likeness (QED) is 0.520. The maximum absolute atomic E-state index is 10.9. The molecule has 0 aliphatic heterocycles. The third-order valence-electron chi connectivity index (χ3n) is 2.37. The lowest BCUT2D eigenvalue weighted by molar-refractivity contribution is 0.336. The van der Waals surface area contributed by atoms with Crippen LogP contribution in [0.15, 0.2) is 12.7 Å². The number of hydrogen-bond donors (Lipinski definition) is 1. The number of rotatable bonds is 6. The van der Waals surface area contributed by atoms with E-state index in [0.29, 0.717) is 12.5 Å². The first-order valence-electron chi connectivity index (χ1n) is 4.67. The molecular formula is C9H17NO2S. The Balaban J connectivity index is 2.48. The van der Waals surface area contributed by atoms with Gasteiger partial charge in [0.25, 0.3) is 0 Å². The highest BCUT2D eigenvalue weighted by Gasteiger charge is 2.27. The molecule has 76 valence electrons. The van der Waals surface area contributed by atoms with E-state index in [-0.39, 0.29) is 6.04 Å². The van der Waals surface area contributed by atoms with Crippen LogP contribution in [0, 0.1) is 5.92 Å². The lowest BCUT2D eigenvalue weighted by Gasteiger charge is -2.21. The van der Waals surface area contributed by atoms with Crippen molar-refractivity contribution in [1.29, 1.82) is 0 Å². The van der Waals surface area contributed by atoms with Crippen molar-refractivity contribution in [1.82, 2.24) is 4.31 Å². The molecule has 1 rings (SSSR count). The van der Waals surface area contributed by atoms with Gasteiger partial charge in [0, 0.05) is 12.6 Å². The third-order valence-corrected chi connectivity index (χ3v) is 3.35. The zero-order valence-corrected chi connectivity index (χ0v) is 8.87. The van der Waals surface area contributed by atoms with Crippen molar-refractivity contribution in [3.05, 3.63) is 12.7 Å². The average Bonchev–Trinajstić information content (AvgIpc) is 2.83. The lowest BCUT2D eigenvalue weighted by atomic mass is 10.2. The van der Waals surface area contributed by atoms with Crippen molar-refractivity contribution in [2.75, 3.05) is 6.54 Å². The van der Waals surface area contributed by atoms with E-state index in [1.165, 1.54) is 12.8 Å². The van der Waals surface area contributed by atoms with Gasteiger partial charge in [0.2, 0.25) is 10.9 Å². The second kappa shape index (κ2) is 4.77. The number of nitrogens with zero attached hydrogens (tertiary/aromatic N) is 1. The maximum Gasteiger partial charge on any atom is 0.204 e. The Morgan fingerprint density at radius 2 is 2.23 bits per heavy atom. The molecule has 0 spiro atoms. The van der Waals surface area contributed by atoms with E-state index in [1.807, 2.05) is 6.92 Å². The number of hydrogen-bond acceptors (Lipinski definition) is 2. The highest BCUT2D eigenvalue weighted by Crippen LogP contribution is 2.30.